The summed E-state index contributed by atoms with van der Waals surface area (Å²) in [6.07, 6.45) is 2.98. The molecule has 0 aliphatic heterocycles. The summed E-state index contributed by atoms with van der Waals surface area (Å²) >= 11 is 0. The Kier molecular flexibility index (Phi) is 9.03. The van der Waals surface area contributed by atoms with Crippen LogP contribution in [0.15, 0.2) is 72.8 Å². The van der Waals surface area contributed by atoms with Gasteiger partial charge in [0.25, 0.3) is 5.91 Å². The van der Waals surface area contributed by atoms with Gasteiger partial charge in [-0.1, -0.05) is 50.1 Å². The number of ether oxygens (including phenoxy) is 2. The van der Waals surface area contributed by atoms with Crippen LogP contribution in [0.1, 0.15) is 43.7 Å². The number of amides is 1. The number of carbonyl (C=O) groups is 2. The number of hydrogen-bond donors (Lipinski definition) is 1. The fourth-order valence-corrected chi connectivity index (χ4v) is 4.60. The summed E-state index contributed by atoms with van der Waals surface area (Å²) in [5.41, 5.74) is 7.13. The molecule has 1 amide bonds. The summed E-state index contributed by atoms with van der Waals surface area (Å²) in [5, 5.41) is 0.899. The molecule has 3 aromatic carbocycles. The second-order valence-corrected chi connectivity index (χ2v) is 9.14. The van der Waals surface area contributed by atoms with Gasteiger partial charge in [-0.25, -0.2) is 4.79 Å². The highest BCUT2D eigenvalue weighted by atomic mass is 16.7. The smallest absolute Gasteiger partial charge is 0.332 e. The normalized spacial score (nSPS) is 10.8. The standard InChI is InChI=1S/C31H34N2O5/c1-4-5-7-12-30(35)38-32-29(34)20-27-26-19-25(37-3)17-18-28(26)33(21-22-10-8-6-9-11-22)31(27)23-13-15-24(36-2)16-14-23/h6,8-11,13-19H,4-5,7,12,20-21H2,1-3H3,(H,32,34). The van der Waals surface area contributed by atoms with Crippen LogP contribution in [-0.4, -0.2) is 30.7 Å². The fraction of sp³-hybridized carbons (Fsp3) is 0.290. The van der Waals surface area contributed by atoms with Crippen molar-refractivity contribution in [3.05, 3.63) is 83.9 Å². The Balaban J connectivity index is 1.76. The molecule has 1 heterocycles. The molecule has 198 valence electrons. The molecule has 0 aliphatic rings. The first-order valence-corrected chi connectivity index (χ1v) is 12.9. The van der Waals surface area contributed by atoms with E-state index in [0.717, 1.165) is 58.3 Å². The quantitative estimate of drug-likeness (QED) is 0.194. The molecule has 7 heteroatoms. The van der Waals surface area contributed by atoms with Gasteiger partial charge in [-0.2, -0.15) is 5.48 Å². The molecule has 1 aromatic heterocycles. The second-order valence-electron chi connectivity index (χ2n) is 9.14. The Hall–Kier alpha value is -4.26. The lowest BCUT2D eigenvalue weighted by molar-refractivity contribution is -0.158. The van der Waals surface area contributed by atoms with Crippen molar-refractivity contribution < 1.29 is 23.9 Å². The average molecular weight is 515 g/mol. The van der Waals surface area contributed by atoms with Gasteiger partial charge in [0.1, 0.15) is 11.5 Å². The summed E-state index contributed by atoms with van der Waals surface area (Å²) < 4.78 is 13.1. The second kappa shape index (κ2) is 12.8. The number of hydrogen-bond acceptors (Lipinski definition) is 5. The molecule has 0 saturated heterocycles. The van der Waals surface area contributed by atoms with E-state index in [1.54, 1.807) is 14.2 Å². The van der Waals surface area contributed by atoms with Gasteiger partial charge in [-0.05, 0) is 65.6 Å². The molecule has 0 radical (unpaired) electrons. The minimum Gasteiger partial charge on any atom is -0.497 e. The minimum atomic E-state index is -0.435. The van der Waals surface area contributed by atoms with Crippen LogP contribution in [0.2, 0.25) is 0 Å². The largest absolute Gasteiger partial charge is 0.497 e. The zero-order chi connectivity index (χ0) is 26.9. The van der Waals surface area contributed by atoms with Gasteiger partial charge in [0.15, 0.2) is 0 Å². The Morgan fingerprint density at radius 3 is 2.26 bits per heavy atom. The van der Waals surface area contributed by atoms with Crippen LogP contribution >= 0.6 is 0 Å². The molecule has 0 unspecified atom stereocenters. The maximum Gasteiger partial charge on any atom is 0.332 e. The van der Waals surface area contributed by atoms with Crippen LogP contribution in [0.3, 0.4) is 0 Å². The summed E-state index contributed by atoms with van der Waals surface area (Å²) in [4.78, 5) is 30.2. The number of aromatic nitrogens is 1. The van der Waals surface area contributed by atoms with Crippen LogP contribution in [0.25, 0.3) is 22.2 Å². The van der Waals surface area contributed by atoms with E-state index >= 15 is 0 Å². The molecular formula is C31H34N2O5. The molecule has 0 spiro atoms. The van der Waals surface area contributed by atoms with Gasteiger partial charge in [0.05, 0.1) is 26.3 Å². The van der Waals surface area contributed by atoms with E-state index in [9.17, 15) is 9.59 Å². The summed E-state index contributed by atoms with van der Waals surface area (Å²) in [5.74, 6) is 0.607. The third-order valence-electron chi connectivity index (χ3n) is 6.52. The first-order valence-electron chi connectivity index (χ1n) is 12.9. The van der Waals surface area contributed by atoms with Crippen molar-refractivity contribution in [2.45, 2.75) is 45.6 Å². The van der Waals surface area contributed by atoms with Crippen LogP contribution in [0.4, 0.5) is 0 Å². The highest BCUT2D eigenvalue weighted by molar-refractivity contribution is 5.97. The summed E-state index contributed by atoms with van der Waals surface area (Å²) in [7, 11) is 3.25. The number of nitrogens with one attached hydrogen (secondary N) is 1. The van der Waals surface area contributed by atoms with Crippen molar-refractivity contribution in [2.75, 3.05) is 14.2 Å². The van der Waals surface area contributed by atoms with Crippen LogP contribution in [0, 0.1) is 0 Å². The number of nitrogens with zero attached hydrogens (tertiary/aromatic N) is 1. The highest BCUT2D eigenvalue weighted by Gasteiger charge is 2.22. The van der Waals surface area contributed by atoms with Gasteiger partial charge in [-0.3, -0.25) is 4.79 Å². The van der Waals surface area contributed by atoms with E-state index < -0.39 is 11.9 Å². The summed E-state index contributed by atoms with van der Waals surface area (Å²) in [6.45, 7) is 2.68. The van der Waals surface area contributed by atoms with Gasteiger partial charge >= 0.3 is 5.97 Å². The molecule has 0 atom stereocenters. The molecule has 38 heavy (non-hydrogen) atoms. The SMILES string of the molecule is CCCCCC(=O)ONC(=O)Cc1c(-c2ccc(OC)cc2)n(Cc2ccccc2)c2ccc(OC)cc12. The number of unbranched alkanes of at least 4 members (excludes halogenated alkanes) is 2. The van der Waals surface area contributed by atoms with E-state index in [4.69, 9.17) is 14.3 Å². The van der Waals surface area contributed by atoms with Gasteiger partial charge in [0.2, 0.25) is 0 Å². The number of benzene rings is 3. The number of fused-ring (bicyclic) bond motifs is 1. The van der Waals surface area contributed by atoms with Crippen molar-refractivity contribution in [3.63, 3.8) is 0 Å². The van der Waals surface area contributed by atoms with Crippen molar-refractivity contribution in [3.8, 4) is 22.8 Å². The Bertz CT molecular complexity index is 1380. The average Bonchev–Trinajstić information content (AvgIpc) is 3.24. The molecule has 0 aliphatic carbocycles. The van der Waals surface area contributed by atoms with E-state index in [2.05, 4.69) is 29.1 Å². The lowest BCUT2D eigenvalue weighted by Gasteiger charge is -2.14. The lowest BCUT2D eigenvalue weighted by atomic mass is 10.0. The number of rotatable bonds is 11. The molecule has 4 rings (SSSR count). The monoisotopic (exact) mass is 514 g/mol. The fourth-order valence-electron chi connectivity index (χ4n) is 4.60. The number of methoxy groups -OCH3 is 2. The van der Waals surface area contributed by atoms with Crippen molar-refractivity contribution in [2.24, 2.45) is 0 Å². The first-order chi connectivity index (χ1) is 18.5. The Morgan fingerprint density at radius 1 is 0.868 bits per heavy atom. The number of hydroxylamine groups is 1. The highest BCUT2D eigenvalue weighted by Crippen LogP contribution is 2.37. The van der Waals surface area contributed by atoms with Crippen LogP contribution in [0.5, 0.6) is 11.5 Å². The number of carbonyl (C=O) groups excluding carboxylic acids is 2. The van der Waals surface area contributed by atoms with Crippen LogP contribution in [-0.2, 0) is 27.4 Å². The Labute approximate surface area is 223 Å². The maximum absolute atomic E-state index is 13.0. The first kappa shape index (κ1) is 26.8. The third kappa shape index (κ3) is 6.35. The van der Waals surface area contributed by atoms with Crippen molar-refractivity contribution in [1.29, 1.82) is 0 Å². The molecule has 0 fully saturated rings. The maximum atomic E-state index is 13.0. The van der Waals surface area contributed by atoms with E-state index in [1.165, 1.54) is 0 Å². The predicted octanol–water partition coefficient (Wildman–Crippen LogP) is 6.07. The van der Waals surface area contributed by atoms with E-state index in [-0.39, 0.29) is 12.8 Å². The predicted molar refractivity (Wildman–Crippen MR) is 148 cm³/mol. The molecular weight excluding hydrogens is 480 g/mol. The van der Waals surface area contributed by atoms with Gasteiger partial charge in [0, 0.05) is 23.9 Å². The minimum absolute atomic E-state index is 0.0229. The lowest BCUT2D eigenvalue weighted by Crippen LogP contribution is -2.28. The van der Waals surface area contributed by atoms with Gasteiger partial charge in [-0.15, -0.1) is 0 Å². The molecule has 1 N–H and O–H groups in total. The molecule has 7 nitrogen and oxygen atoms in total. The van der Waals surface area contributed by atoms with Crippen molar-refractivity contribution in [1.82, 2.24) is 10.0 Å². The molecule has 4 aromatic rings. The molecule has 0 bridgehead atoms. The topological polar surface area (TPSA) is 78.8 Å². The van der Waals surface area contributed by atoms with Crippen molar-refractivity contribution >= 4 is 22.8 Å². The Morgan fingerprint density at radius 2 is 1.58 bits per heavy atom. The molecule has 0 saturated carbocycles. The zero-order valence-electron chi connectivity index (χ0n) is 22.2. The zero-order valence-corrected chi connectivity index (χ0v) is 22.2. The van der Waals surface area contributed by atoms with Crippen LogP contribution < -0.4 is 15.0 Å². The van der Waals surface area contributed by atoms with E-state index in [1.807, 2.05) is 60.7 Å². The van der Waals surface area contributed by atoms with E-state index in [0.29, 0.717) is 12.3 Å². The third-order valence-corrected chi connectivity index (χ3v) is 6.52. The summed E-state index contributed by atoms with van der Waals surface area (Å²) in [6, 6.07) is 23.8. The van der Waals surface area contributed by atoms with Gasteiger partial charge < -0.3 is 18.9 Å².